The van der Waals surface area contributed by atoms with E-state index in [0.717, 1.165) is 5.56 Å². The highest BCUT2D eigenvalue weighted by molar-refractivity contribution is 6.67. The van der Waals surface area contributed by atoms with Gasteiger partial charge in [-0.1, -0.05) is 34.8 Å². The highest BCUT2D eigenvalue weighted by Gasteiger charge is 2.51. The number of benzene rings is 1. The van der Waals surface area contributed by atoms with Gasteiger partial charge in [0.25, 0.3) is 0 Å². The van der Waals surface area contributed by atoms with Crippen molar-refractivity contribution in [3.63, 3.8) is 0 Å². The molecule has 1 aromatic rings. The number of hydrogen-bond acceptors (Lipinski definition) is 8. The van der Waals surface area contributed by atoms with Crippen LogP contribution in [0.2, 0.25) is 0 Å². The summed E-state index contributed by atoms with van der Waals surface area (Å²) in [5.74, 6) is -0.542. The molecule has 1 aliphatic carbocycles. The van der Waals surface area contributed by atoms with Crippen molar-refractivity contribution in [2.75, 3.05) is 19.3 Å². The highest BCUT2D eigenvalue weighted by Crippen LogP contribution is 2.49. The molecular weight excluding hydrogens is 560 g/mol. The first-order valence-electron chi connectivity index (χ1n) is 11.0. The minimum absolute atomic E-state index is 0.0438. The molecule has 13 heteroatoms. The Balaban J connectivity index is 1.86. The topological polar surface area (TPSA) is 101 Å². The third kappa shape index (κ3) is 5.74. The molecule has 0 N–H and O–H groups in total. The number of amides is 1. The summed E-state index contributed by atoms with van der Waals surface area (Å²) in [5, 5.41) is 0. The summed E-state index contributed by atoms with van der Waals surface area (Å²) in [7, 11) is 0. The lowest BCUT2D eigenvalue weighted by Crippen LogP contribution is -2.57. The number of nitrogens with zero attached hydrogens (tertiary/aromatic N) is 1. The molecule has 0 radical (unpaired) electrons. The number of esters is 2. The average molecular weight is 583 g/mol. The van der Waals surface area contributed by atoms with Crippen LogP contribution < -0.4 is 9.47 Å². The van der Waals surface area contributed by atoms with Gasteiger partial charge in [-0.25, -0.2) is 4.79 Å². The number of rotatable bonds is 5. The van der Waals surface area contributed by atoms with E-state index < -0.39 is 52.6 Å². The normalized spacial score (nSPS) is 24.3. The summed E-state index contributed by atoms with van der Waals surface area (Å²) in [6.45, 7) is 2.21. The van der Waals surface area contributed by atoms with Crippen LogP contribution in [-0.4, -0.2) is 64.3 Å². The van der Waals surface area contributed by atoms with Crippen LogP contribution in [0.15, 0.2) is 23.8 Å². The Morgan fingerprint density at radius 1 is 1.08 bits per heavy atom. The predicted octanol–water partition coefficient (Wildman–Crippen LogP) is 4.62. The van der Waals surface area contributed by atoms with E-state index in [-0.39, 0.29) is 19.2 Å². The summed E-state index contributed by atoms with van der Waals surface area (Å²) in [5.41, 5.74) is 2.16. The number of carbonyl (C=O) groups is 3. The van der Waals surface area contributed by atoms with Gasteiger partial charge in [0.05, 0.1) is 18.5 Å². The predicted molar refractivity (Wildman–Crippen MR) is 131 cm³/mol. The highest BCUT2D eigenvalue weighted by atomic mass is 35.6. The van der Waals surface area contributed by atoms with E-state index in [9.17, 15) is 14.4 Å². The molecule has 2 aliphatic heterocycles. The molecular formula is C23H23Cl4NO8. The Morgan fingerprint density at radius 3 is 2.36 bits per heavy atom. The smallest absolute Gasteiger partial charge is 0.410 e. The summed E-state index contributed by atoms with van der Waals surface area (Å²) >= 11 is 23.5. The van der Waals surface area contributed by atoms with Gasteiger partial charge in [0.15, 0.2) is 23.7 Å². The Hall–Kier alpha value is -2.07. The first-order chi connectivity index (χ1) is 17.0. The third-order valence-corrected chi connectivity index (χ3v) is 6.54. The van der Waals surface area contributed by atoms with Crippen molar-refractivity contribution in [2.45, 2.75) is 54.8 Å². The largest absolute Gasteiger partial charge is 0.457 e. The van der Waals surface area contributed by atoms with Crippen LogP contribution in [0.25, 0.3) is 0 Å². The van der Waals surface area contributed by atoms with Crippen molar-refractivity contribution in [1.82, 2.24) is 4.90 Å². The molecule has 0 saturated heterocycles. The van der Waals surface area contributed by atoms with Gasteiger partial charge in [-0.2, -0.15) is 0 Å². The van der Waals surface area contributed by atoms with Crippen LogP contribution in [0.4, 0.5) is 4.79 Å². The van der Waals surface area contributed by atoms with Gasteiger partial charge in [-0.3, -0.25) is 14.5 Å². The van der Waals surface area contributed by atoms with Gasteiger partial charge in [-0.15, -0.1) is 11.6 Å². The van der Waals surface area contributed by atoms with E-state index in [1.54, 1.807) is 18.2 Å². The standard InChI is InChI=1S/C23H23Cl4NO8/c1-11(29)35-18-5-13(3-4-24)20-19(21(18)36-12(2)30)15-7-17-16(33-10-34-17)6-14(15)8-28(20)22(31)32-9-23(25,26)27/h5-7,18-21H,3-4,8-10H2,1-2H3/t18-,19-,20+,21+/m0/s1. The summed E-state index contributed by atoms with van der Waals surface area (Å²) < 4.78 is 25.9. The van der Waals surface area contributed by atoms with Gasteiger partial charge < -0.3 is 23.7 Å². The molecule has 196 valence electrons. The lowest BCUT2D eigenvalue weighted by atomic mass is 9.71. The third-order valence-electron chi connectivity index (χ3n) is 6.03. The summed E-state index contributed by atoms with van der Waals surface area (Å²) in [6, 6.07) is 2.90. The molecule has 0 unspecified atom stereocenters. The number of alkyl halides is 4. The van der Waals surface area contributed by atoms with E-state index >= 15 is 0 Å². The summed E-state index contributed by atoms with van der Waals surface area (Å²) in [6.07, 6.45) is -0.583. The van der Waals surface area contributed by atoms with E-state index in [1.165, 1.54) is 18.7 Å². The minimum atomic E-state index is -1.81. The second-order valence-electron chi connectivity index (χ2n) is 8.50. The molecule has 4 rings (SSSR count). The molecule has 4 atom stereocenters. The molecule has 0 spiro atoms. The molecule has 1 amide bonds. The zero-order chi connectivity index (χ0) is 26.2. The number of carbonyl (C=O) groups excluding carboxylic acids is 3. The van der Waals surface area contributed by atoms with E-state index in [1.807, 2.05) is 0 Å². The number of hydrogen-bond donors (Lipinski definition) is 0. The maximum Gasteiger partial charge on any atom is 0.410 e. The van der Waals surface area contributed by atoms with Crippen LogP contribution in [0, 0.1) is 0 Å². The zero-order valence-electron chi connectivity index (χ0n) is 19.3. The van der Waals surface area contributed by atoms with Crippen molar-refractivity contribution >= 4 is 64.4 Å². The van der Waals surface area contributed by atoms with E-state index in [2.05, 4.69) is 0 Å². The number of fused-ring (bicyclic) bond motifs is 4. The van der Waals surface area contributed by atoms with Crippen LogP contribution in [0.1, 0.15) is 37.3 Å². The van der Waals surface area contributed by atoms with Crippen LogP contribution in [0.3, 0.4) is 0 Å². The van der Waals surface area contributed by atoms with Crippen molar-refractivity contribution in [1.29, 1.82) is 0 Å². The molecule has 0 saturated carbocycles. The Labute approximate surface area is 227 Å². The minimum Gasteiger partial charge on any atom is -0.457 e. The molecule has 0 bridgehead atoms. The van der Waals surface area contributed by atoms with E-state index in [0.29, 0.717) is 29.1 Å². The van der Waals surface area contributed by atoms with Gasteiger partial charge in [0, 0.05) is 19.7 Å². The molecule has 0 aromatic heterocycles. The van der Waals surface area contributed by atoms with Crippen LogP contribution >= 0.6 is 46.4 Å². The van der Waals surface area contributed by atoms with Crippen LogP contribution in [-0.2, 0) is 30.3 Å². The Bertz CT molecular complexity index is 1090. The Morgan fingerprint density at radius 2 is 1.75 bits per heavy atom. The van der Waals surface area contributed by atoms with Gasteiger partial charge in [0.2, 0.25) is 10.6 Å². The lowest BCUT2D eigenvalue weighted by molar-refractivity contribution is -0.166. The molecule has 0 fully saturated rings. The van der Waals surface area contributed by atoms with Crippen molar-refractivity contribution in [3.05, 3.63) is 34.9 Å². The van der Waals surface area contributed by atoms with Crippen molar-refractivity contribution in [3.8, 4) is 11.5 Å². The maximum absolute atomic E-state index is 13.3. The summed E-state index contributed by atoms with van der Waals surface area (Å²) in [4.78, 5) is 38.9. The fourth-order valence-corrected chi connectivity index (χ4v) is 5.24. The fraction of sp³-hybridized carbons (Fsp3) is 0.522. The van der Waals surface area contributed by atoms with E-state index in [4.69, 9.17) is 70.1 Å². The molecule has 9 nitrogen and oxygen atoms in total. The van der Waals surface area contributed by atoms with Gasteiger partial charge in [0.1, 0.15) is 6.61 Å². The quantitative estimate of drug-likeness (QED) is 0.214. The fourth-order valence-electron chi connectivity index (χ4n) is 4.86. The molecule has 2 heterocycles. The number of ether oxygens (including phenoxy) is 5. The first-order valence-corrected chi connectivity index (χ1v) is 12.7. The molecule has 36 heavy (non-hydrogen) atoms. The molecule has 3 aliphatic rings. The van der Waals surface area contributed by atoms with Crippen LogP contribution in [0.5, 0.6) is 11.5 Å². The van der Waals surface area contributed by atoms with Gasteiger partial charge in [-0.05, 0) is 41.3 Å². The Kier molecular flexibility index (Phi) is 8.04. The monoisotopic (exact) mass is 581 g/mol. The average Bonchev–Trinajstić information content (AvgIpc) is 3.23. The maximum atomic E-state index is 13.3. The molecule has 1 aromatic carbocycles. The van der Waals surface area contributed by atoms with Crippen molar-refractivity contribution < 1.29 is 38.1 Å². The number of halogens is 4. The SMILES string of the molecule is CC(=O)O[C@H]1[C@H]2c3cc4c(cc3CN(C(=O)OCC(Cl)(Cl)Cl)[C@@H]2C(CCCl)=C[C@@H]1OC(C)=O)OCO4. The van der Waals surface area contributed by atoms with Crippen molar-refractivity contribution in [2.24, 2.45) is 0 Å². The lowest BCUT2D eigenvalue weighted by Gasteiger charge is -2.49. The van der Waals surface area contributed by atoms with Gasteiger partial charge >= 0.3 is 18.0 Å². The first kappa shape index (κ1) is 27.0. The zero-order valence-corrected chi connectivity index (χ0v) is 22.3. The second kappa shape index (κ2) is 10.7. The second-order valence-corrected chi connectivity index (χ2v) is 11.4.